The Morgan fingerprint density at radius 1 is 1.42 bits per heavy atom. The Morgan fingerprint density at radius 2 is 2.21 bits per heavy atom. The molecule has 0 aliphatic carbocycles. The molecule has 1 N–H and O–H groups in total. The van der Waals surface area contributed by atoms with Crippen molar-refractivity contribution < 1.29 is 4.42 Å². The first-order valence-corrected chi connectivity index (χ1v) is 7.44. The molecule has 2 heterocycles. The van der Waals surface area contributed by atoms with Gasteiger partial charge in [-0.3, -0.25) is 9.80 Å². The lowest BCUT2D eigenvalue weighted by atomic mass is 10.2. The molecular weight excluding hydrogens is 238 g/mol. The number of rotatable bonds is 7. The second kappa shape index (κ2) is 7.08. The van der Waals surface area contributed by atoms with Crippen LogP contribution >= 0.6 is 0 Å². The van der Waals surface area contributed by atoms with Crippen LogP contribution in [0.15, 0.2) is 16.7 Å². The predicted molar refractivity (Wildman–Crippen MR) is 78.1 cm³/mol. The van der Waals surface area contributed by atoms with Gasteiger partial charge in [0.2, 0.25) is 0 Å². The number of likely N-dealkylation sites (tertiary alicyclic amines) is 1. The molecule has 1 aliphatic rings. The zero-order chi connectivity index (χ0) is 13.7. The van der Waals surface area contributed by atoms with Crippen LogP contribution in [-0.2, 0) is 13.1 Å². The summed E-state index contributed by atoms with van der Waals surface area (Å²) in [6.45, 7) is 11.0. The van der Waals surface area contributed by atoms with E-state index in [0.717, 1.165) is 38.0 Å². The van der Waals surface area contributed by atoms with Crippen molar-refractivity contribution in [2.24, 2.45) is 0 Å². The van der Waals surface area contributed by atoms with Gasteiger partial charge < -0.3 is 9.73 Å². The van der Waals surface area contributed by atoms with Crippen LogP contribution in [0.5, 0.6) is 0 Å². The monoisotopic (exact) mass is 265 g/mol. The van der Waals surface area contributed by atoms with Crippen LogP contribution in [0.2, 0.25) is 0 Å². The van der Waals surface area contributed by atoms with Gasteiger partial charge in [-0.2, -0.15) is 0 Å². The van der Waals surface area contributed by atoms with Crippen molar-refractivity contribution in [3.63, 3.8) is 0 Å². The highest BCUT2D eigenvalue weighted by Crippen LogP contribution is 2.20. The molecule has 0 spiro atoms. The van der Waals surface area contributed by atoms with E-state index in [1.165, 1.54) is 25.1 Å². The molecule has 19 heavy (non-hydrogen) atoms. The summed E-state index contributed by atoms with van der Waals surface area (Å²) in [4.78, 5) is 5.08. The molecule has 1 aromatic rings. The van der Waals surface area contributed by atoms with Gasteiger partial charge in [-0.25, -0.2) is 0 Å². The Kier molecular flexibility index (Phi) is 5.43. The maximum atomic E-state index is 5.63. The fraction of sp³-hybridized carbons (Fsp3) is 0.733. The fourth-order valence-electron chi connectivity index (χ4n) is 3.05. The van der Waals surface area contributed by atoms with Crippen molar-refractivity contribution in [1.82, 2.24) is 15.1 Å². The van der Waals surface area contributed by atoms with Gasteiger partial charge in [0.05, 0.1) is 12.8 Å². The largest absolute Gasteiger partial charge is 0.468 e. The van der Waals surface area contributed by atoms with Crippen LogP contribution in [0.1, 0.15) is 31.6 Å². The first kappa shape index (κ1) is 14.6. The van der Waals surface area contributed by atoms with E-state index in [9.17, 15) is 0 Å². The van der Waals surface area contributed by atoms with Gasteiger partial charge in [0, 0.05) is 31.2 Å². The number of nitrogens with zero attached hydrogens (tertiary/aromatic N) is 2. The zero-order valence-corrected chi connectivity index (χ0v) is 12.5. The van der Waals surface area contributed by atoms with E-state index < -0.39 is 0 Å². The standard InChI is InChI=1S/C15H27N3O/c1-4-18(5-2)14-6-8-17(11-14)12-15-13(10-16-3)7-9-19-15/h7,9,14,16H,4-6,8,10-12H2,1-3H3. The zero-order valence-electron chi connectivity index (χ0n) is 12.5. The number of hydrogen-bond acceptors (Lipinski definition) is 4. The molecule has 2 rings (SSSR count). The average Bonchev–Trinajstić information content (AvgIpc) is 3.03. The van der Waals surface area contributed by atoms with E-state index in [2.05, 4.69) is 35.0 Å². The second-order valence-corrected chi connectivity index (χ2v) is 5.30. The van der Waals surface area contributed by atoms with E-state index in [0.29, 0.717) is 0 Å². The van der Waals surface area contributed by atoms with Crippen LogP contribution in [0, 0.1) is 0 Å². The number of furan rings is 1. The Bertz CT molecular complexity index is 373. The third-order valence-electron chi connectivity index (χ3n) is 4.15. The van der Waals surface area contributed by atoms with Gasteiger partial charge in [-0.15, -0.1) is 0 Å². The summed E-state index contributed by atoms with van der Waals surface area (Å²) in [5.74, 6) is 1.12. The van der Waals surface area contributed by atoms with Crippen LogP contribution in [-0.4, -0.2) is 49.1 Å². The molecule has 4 heteroatoms. The van der Waals surface area contributed by atoms with E-state index in [4.69, 9.17) is 4.42 Å². The van der Waals surface area contributed by atoms with Crippen molar-refractivity contribution in [1.29, 1.82) is 0 Å². The Balaban J connectivity index is 1.89. The molecular formula is C15H27N3O. The number of hydrogen-bond donors (Lipinski definition) is 1. The minimum Gasteiger partial charge on any atom is -0.468 e. The van der Waals surface area contributed by atoms with E-state index in [1.54, 1.807) is 6.26 Å². The fourth-order valence-corrected chi connectivity index (χ4v) is 3.05. The molecule has 0 amide bonds. The average molecular weight is 265 g/mol. The molecule has 0 bridgehead atoms. The molecule has 1 unspecified atom stereocenters. The minimum atomic E-state index is 0.720. The van der Waals surface area contributed by atoms with E-state index >= 15 is 0 Å². The van der Waals surface area contributed by atoms with Crippen molar-refractivity contribution in [3.05, 3.63) is 23.7 Å². The molecule has 108 valence electrons. The van der Waals surface area contributed by atoms with Crippen molar-refractivity contribution >= 4 is 0 Å². The number of nitrogens with one attached hydrogen (secondary N) is 1. The third-order valence-corrected chi connectivity index (χ3v) is 4.15. The molecule has 1 fully saturated rings. The molecule has 1 atom stereocenters. The van der Waals surface area contributed by atoms with Gasteiger partial charge in [-0.05, 0) is 32.6 Å². The smallest absolute Gasteiger partial charge is 0.122 e. The van der Waals surface area contributed by atoms with Crippen LogP contribution in [0.4, 0.5) is 0 Å². The Labute approximate surface area is 116 Å². The van der Waals surface area contributed by atoms with Gasteiger partial charge in [-0.1, -0.05) is 13.8 Å². The molecule has 1 aliphatic heterocycles. The predicted octanol–water partition coefficient (Wildman–Crippen LogP) is 1.92. The first-order chi connectivity index (χ1) is 9.28. The summed E-state index contributed by atoms with van der Waals surface area (Å²) in [6.07, 6.45) is 3.09. The van der Waals surface area contributed by atoms with Gasteiger partial charge >= 0.3 is 0 Å². The van der Waals surface area contributed by atoms with Gasteiger partial charge in [0.25, 0.3) is 0 Å². The minimum absolute atomic E-state index is 0.720. The van der Waals surface area contributed by atoms with Crippen molar-refractivity contribution in [3.8, 4) is 0 Å². The number of likely N-dealkylation sites (N-methyl/N-ethyl adjacent to an activating group) is 1. The van der Waals surface area contributed by atoms with Crippen molar-refractivity contribution in [2.45, 2.75) is 39.4 Å². The molecule has 1 saturated heterocycles. The molecule has 0 aromatic carbocycles. The summed E-state index contributed by atoms with van der Waals surface area (Å²) < 4.78 is 5.63. The lowest BCUT2D eigenvalue weighted by Gasteiger charge is -2.26. The topological polar surface area (TPSA) is 31.6 Å². The van der Waals surface area contributed by atoms with Gasteiger partial charge in [0.15, 0.2) is 0 Å². The highest BCUT2D eigenvalue weighted by molar-refractivity contribution is 5.17. The lowest BCUT2D eigenvalue weighted by Crippen LogP contribution is -2.37. The quantitative estimate of drug-likeness (QED) is 0.816. The molecule has 1 aromatic heterocycles. The summed E-state index contributed by atoms with van der Waals surface area (Å²) in [5.41, 5.74) is 1.29. The maximum Gasteiger partial charge on any atom is 0.122 e. The van der Waals surface area contributed by atoms with Crippen LogP contribution in [0.3, 0.4) is 0 Å². The van der Waals surface area contributed by atoms with E-state index in [-0.39, 0.29) is 0 Å². The molecule has 0 saturated carbocycles. The normalized spacial score (nSPS) is 20.5. The van der Waals surface area contributed by atoms with E-state index in [1.807, 2.05) is 7.05 Å². The van der Waals surface area contributed by atoms with Gasteiger partial charge in [0.1, 0.15) is 5.76 Å². The second-order valence-electron chi connectivity index (χ2n) is 5.30. The highest BCUT2D eigenvalue weighted by atomic mass is 16.3. The molecule has 4 nitrogen and oxygen atoms in total. The lowest BCUT2D eigenvalue weighted by molar-refractivity contribution is 0.204. The summed E-state index contributed by atoms with van der Waals surface area (Å²) in [5, 5.41) is 3.19. The SMILES string of the molecule is CCN(CC)C1CCN(Cc2occc2CNC)C1. The Morgan fingerprint density at radius 3 is 2.89 bits per heavy atom. The summed E-state index contributed by atoms with van der Waals surface area (Å²) in [6, 6.07) is 2.79. The highest BCUT2D eigenvalue weighted by Gasteiger charge is 2.26. The summed E-state index contributed by atoms with van der Waals surface area (Å²) in [7, 11) is 1.98. The summed E-state index contributed by atoms with van der Waals surface area (Å²) >= 11 is 0. The first-order valence-electron chi connectivity index (χ1n) is 7.44. The van der Waals surface area contributed by atoms with Crippen LogP contribution in [0.25, 0.3) is 0 Å². The third kappa shape index (κ3) is 3.59. The maximum absolute atomic E-state index is 5.63. The van der Waals surface area contributed by atoms with Crippen LogP contribution < -0.4 is 5.32 Å². The Hall–Kier alpha value is -0.840. The molecule has 0 radical (unpaired) electrons. The van der Waals surface area contributed by atoms with Crippen molar-refractivity contribution in [2.75, 3.05) is 33.2 Å².